The molecule has 1 N–H and O–H groups in total. The lowest BCUT2D eigenvalue weighted by Crippen LogP contribution is -1.94. The van der Waals surface area contributed by atoms with Crippen LogP contribution in [0.5, 0.6) is 0 Å². The van der Waals surface area contributed by atoms with E-state index in [4.69, 9.17) is 0 Å². The zero-order valence-corrected chi connectivity index (χ0v) is 21.5. The molecule has 184 valence electrons. The number of benzene rings is 7. The van der Waals surface area contributed by atoms with Crippen LogP contribution in [0.1, 0.15) is 0 Å². The van der Waals surface area contributed by atoms with Gasteiger partial charge < -0.3 is 5.32 Å². The highest BCUT2D eigenvalue weighted by atomic mass is 14.9. The summed E-state index contributed by atoms with van der Waals surface area (Å²) in [6.45, 7) is 0. The van der Waals surface area contributed by atoms with Crippen LogP contribution < -0.4 is 5.32 Å². The zero-order chi connectivity index (χ0) is 26.0. The fraction of sp³-hybridized carbons (Fsp3) is 0. The molecule has 0 radical (unpaired) electrons. The molecule has 0 saturated carbocycles. The second-order valence-corrected chi connectivity index (χ2v) is 9.88. The van der Waals surface area contributed by atoms with Crippen molar-refractivity contribution in [1.82, 2.24) is 0 Å². The van der Waals surface area contributed by atoms with Crippen LogP contribution in [-0.4, -0.2) is 0 Å². The molecule has 1 nitrogen and oxygen atoms in total. The molecule has 39 heavy (non-hydrogen) atoms. The first-order valence-corrected chi connectivity index (χ1v) is 13.4. The molecule has 0 aromatic heterocycles. The minimum atomic E-state index is 1.07. The smallest absolute Gasteiger partial charge is 0.0464 e. The number of para-hydroxylation sites is 1. The molecule has 7 aromatic rings. The Bertz CT molecular complexity index is 1900. The second kappa shape index (κ2) is 9.96. The molecule has 0 heterocycles. The van der Waals surface area contributed by atoms with Gasteiger partial charge in [-0.05, 0) is 67.6 Å². The highest BCUT2D eigenvalue weighted by Gasteiger charge is 2.09. The third-order valence-corrected chi connectivity index (χ3v) is 7.49. The number of fused-ring (bicyclic) bond motifs is 2. The van der Waals surface area contributed by atoms with Gasteiger partial charge in [0, 0.05) is 16.9 Å². The zero-order valence-electron chi connectivity index (χ0n) is 21.5. The third kappa shape index (κ3) is 4.45. The van der Waals surface area contributed by atoms with Crippen molar-refractivity contribution in [3.05, 3.63) is 158 Å². The molecule has 0 bridgehead atoms. The SMILES string of the molecule is c1ccc(-c2cccc3ccccc23)c(Nc2ccc(-c3ccc(-c4cccc5ccccc45)cc3)cc2)c1. The number of rotatable bonds is 5. The van der Waals surface area contributed by atoms with E-state index >= 15 is 0 Å². The van der Waals surface area contributed by atoms with Crippen molar-refractivity contribution in [3.63, 3.8) is 0 Å². The van der Waals surface area contributed by atoms with Gasteiger partial charge >= 0.3 is 0 Å². The third-order valence-electron chi connectivity index (χ3n) is 7.49. The van der Waals surface area contributed by atoms with Crippen LogP contribution in [0.25, 0.3) is 54.9 Å². The van der Waals surface area contributed by atoms with Crippen LogP contribution in [-0.2, 0) is 0 Å². The molecule has 0 saturated heterocycles. The molecule has 0 aliphatic rings. The molecule has 7 rings (SSSR count). The maximum Gasteiger partial charge on any atom is 0.0464 e. The lowest BCUT2D eigenvalue weighted by molar-refractivity contribution is 1.53. The molecular formula is C38H27N. The predicted molar refractivity (Wildman–Crippen MR) is 167 cm³/mol. The molecule has 1 heteroatoms. The van der Waals surface area contributed by atoms with Crippen molar-refractivity contribution in [2.45, 2.75) is 0 Å². The van der Waals surface area contributed by atoms with Crippen molar-refractivity contribution >= 4 is 32.9 Å². The summed E-state index contributed by atoms with van der Waals surface area (Å²) in [5.41, 5.74) is 9.51. The maximum atomic E-state index is 3.66. The van der Waals surface area contributed by atoms with Crippen molar-refractivity contribution in [2.24, 2.45) is 0 Å². The van der Waals surface area contributed by atoms with Gasteiger partial charge in [0.1, 0.15) is 0 Å². The average molecular weight is 498 g/mol. The number of nitrogens with one attached hydrogen (secondary N) is 1. The Morgan fingerprint density at radius 1 is 0.308 bits per heavy atom. The fourth-order valence-electron chi connectivity index (χ4n) is 5.51. The number of hydrogen-bond acceptors (Lipinski definition) is 1. The predicted octanol–water partition coefficient (Wildman–Crippen LogP) is 10.7. The van der Waals surface area contributed by atoms with Crippen LogP contribution in [0.15, 0.2) is 158 Å². The van der Waals surface area contributed by atoms with Crippen LogP contribution in [0, 0.1) is 0 Å². The van der Waals surface area contributed by atoms with Gasteiger partial charge in [-0.3, -0.25) is 0 Å². The summed E-state index contributed by atoms with van der Waals surface area (Å²) >= 11 is 0. The van der Waals surface area contributed by atoms with E-state index in [9.17, 15) is 0 Å². The summed E-state index contributed by atoms with van der Waals surface area (Å²) in [6.07, 6.45) is 0. The van der Waals surface area contributed by atoms with Crippen LogP contribution in [0.4, 0.5) is 11.4 Å². The van der Waals surface area contributed by atoms with Crippen molar-refractivity contribution in [3.8, 4) is 33.4 Å². The van der Waals surface area contributed by atoms with E-state index in [2.05, 4.69) is 163 Å². The summed E-state index contributed by atoms with van der Waals surface area (Å²) < 4.78 is 0. The molecule has 7 aromatic carbocycles. The Balaban J connectivity index is 1.15. The van der Waals surface area contributed by atoms with Gasteiger partial charge in [-0.1, -0.05) is 140 Å². The average Bonchev–Trinajstić information content (AvgIpc) is 3.01. The van der Waals surface area contributed by atoms with Gasteiger partial charge in [0.15, 0.2) is 0 Å². The Hall–Kier alpha value is -5.14. The lowest BCUT2D eigenvalue weighted by Gasteiger charge is -2.15. The first-order chi connectivity index (χ1) is 19.3. The molecule has 0 spiro atoms. The summed E-state index contributed by atoms with van der Waals surface area (Å²) in [5, 5.41) is 8.73. The number of anilines is 2. The molecule has 0 fully saturated rings. The summed E-state index contributed by atoms with van der Waals surface area (Å²) in [5.74, 6) is 0. The van der Waals surface area contributed by atoms with Gasteiger partial charge in [-0.25, -0.2) is 0 Å². The molecule has 0 aliphatic carbocycles. The number of hydrogen-bond donors (Lipinski definition) is 1. The normalized spacial score (nSPS) is 11.1. The maximum absolute atomic E-state index is 3.66. The highest BCUT2D eigenvalue weighted by Crippen LogP contribution is 2.36. The van der Waals surface area contributed by atoms with E-state index in [0.29, 0.717) is 0 Å². The van der Waals surface area contributed by atoms with Gasteiger partial charge in [-0.15, -0.1) is 0 Å². The summed E-state index contributed by atoms with van der Waals surface area (Å²) in [4.78, 5) is 0. The molecule has 0 aliphatic heterocycles. The Kier molecular flexibility index (Phi) is 5.88. The largest absolute Gasteiger partial charge is 0.355 e. The van der Waals surface area contributed by atoms with E-state index in [0.717, 1.165) is 11.4 Å². The Labute approximate surface area is 229 Å². The lowest BCUT2D eigenvalue weighted by atomic mass is 9.96. The van der Waals surface area contributed by atoms with Crippen LogP contribution in [0.2, 0.25) is 0 Å². The minimum Gasteiger partial charge on any atom is -0.355 e. The molecule has 0 unspecified atom stereocenters. The fourth-order valence-corrected chi connectivity index (χ4v) is 5.51. The van der Waals surface area contributed by atoms with Gasteiger partial charge in [0.25, 0.3) is 0 Å². The van der Waals surface area contributed by atoms with E-state index in [1.807, 2.05) is 0 Å². The van der Waals surface area contributed by atoms with Gasteiger partial charge in [0.2, 0.25) is 0 Å². The topological polar surface area (TPSA) is 12.0 Å². The molecule has 0 amide bonds. The van der Waals surface area contributed by atoms with E-state index in [1.165, 1.54) is 54.9 Å². The molecule has 0 atom stereocenters. The van der Waals surface area contributed by atoms with E-state index in [1.54, 1.807) is 0 Å². The Morgan fingerprint density at radius 3 is 1.46 bits per heavy atom. The van der Waals surface area contributed by atoms with Gasteiger partial charge in [0.05, 0.1) is 0 Å². The van der Waals surface area contributed by atoms with Crippen molar-refractivity contribution in [2.75, 3.05) is 5.32 Å². The standard InChI is InChI=1S/C38H27N/c1-3-13-33-29(9-1)11-7-16-34(33)31-21-19-27(20-22-31)28-23-25-32(26-24-28)39-38-18-6-5-15-37(38)36-17-8-12-30-10-2-4-14-35(30)36/h1-26,39H. The van der Waals surface area contributed by atoms with Crippen LogP contribution in [0.3, 0.4) is 0 Å². The monoisotopic (exact) mass is 497 g/mol. The summed E-state index contributed by atoms with van der Waals surface area (Å²) in [7, 11) is 0. The quantitative estimate of drug-likeness (QED) is 0.249. The highest BCUT2D eigenvalue weighted by molar-refractivity contribution is 6.00. The van der Waals surface area contributed by atoms with E-state index < -0.39 is 0 Å². The van der Waals surface area contributed by atoms with Crippen LogP contribution >= 0.6 is 0 Å². The van der Waals surface area contributed by atoms with Crippen molar-refractivity contribution in [1.29, 1.82) is 0 Å². The second-order valence-electron chi connectivity index (χ2n) is 9.88. The first-order valence-electron chi connectivity index (χ1n) is 13.4. The van der Waals surface area contributed by atoms with Gasteiger partial charge in [-0.2, -0.15) is 0 Å². The minimum absolute atomic E-state index is 1.07. The summed E-state index contributed by atoms with van der Waals surface area (Å²) in [6, 6.07) is 56.3. The Morgan fingerprint density at radius 2 is 0.769 bits per heavy atom. The van der Waals surface area contributed by atoms with Crippen molar-refractivity contribution < 1.29 is 0 Å². The first kappa shape index (κ1) is 23.0. The van der Waals surface area contributed by atoms with E-state index in [-0.39, 0.29) is 0 Å². The molecular weight excluding hydrogens is 470 g/mol.